The van der Waals surface area contributed by atoms with Crippen molar-refractivity contribution in [1.29, 1.82) is 0 Å². The Morgan fingerprint density at radius 3 is 2.32 bits per heavy atom. The summed E-state index contributed by atoms with van der Waals surface area (Å²) in [6.07, 6.45) is 5.59. The number of aryl methyl sites for hydroxylation is 1. The molecule has 0 unspecified atom stereocenters. The number of hydrogen-bond donors (Lipinski definition) is 0. The van der Waals surface area contributed by atoms with Crippen LogP contribution in [0.2, 0.25) is 0 Å². The Kier molecular flexibility index (Phi) is 4.63. The average Bonchev–Trinajstić information content (AvgIpc) is 3.29. The molecule has 0 amide bonds. The molecule has 1 aliphatic rings. The molecule has 0 saturated carbocycles. The fourth-order valence-corrected chi connectivity index (χ4v) is 3.26. The summed E-state index contributed by atoms with van der Waals surface area (Å²) in [4.78, 5) is 9.03. The number of piperazine rings is 1. The van der Waals surface area contributed by atoms with E-state index in [0.29, 0.717) is 0 Å². The lowest BCUT2D eigenvalue weighted by Gasteiger charge is -2.34. The number of rotatable bonds is 5. The number of aromatic nitrogens is 3. The molecule has 1 fully saturated rings. The van der Waals surface area contributed by atoms with Crippen molar-refractivity contribution in [2.75, 3.05) is 26.2 Å². The topological polar surface area (TPSA) is 50.3 Å². The van der Waals surface area contributed by atoms with E-state index < -0.39 is 0 Å². The Bertz CT molecular complexity index is 786. The van der Waals surface area contributed by atoms with E-state index in [9.17, 15) is 0 Å². The molecular formula is C19H23N5O. The van der Waals surface area contributed by atoms with E-state index in [0.717, 1.165) is 56.4 Å². The van der Waals surface area contributed by atoms with Crippen LogP contribution in [-0.2, 0) is 13.1 Å². The van der Waals surface area contributed by atoms with Crippen LogP contribution in [0.4, 0.5) is 0 Å². The van der Waals surface area contributed by atoms with Crippen molar-refractivity contribution >= 4 is 0 Å². The van der Waals surface area contributed by atoms with Crippen molar-refractivity contribution in [2.45, 2.75) is 20.0 Å². The smallest absolute Gasteiger partial charge is 0.150 e. The molecule has 6 nitrogen and oxygen atoms in total. The zero-order chi connectivity index (χ0) is 17.1. The summed E-state index contributed by atoms with van der Waals surface area (Å²) in [5.74, 6) is 0.959. The van der Waals surface area contributed by atoms with Crippen molar-refractivity contribution in [3.8, 4) is 5.69 Å². The molecule has 2 aromatic heterocycles. The fourth-order valence-electron chi connectivity index (χ4n) is 3.26. The predicted molar refractivity (Wildman–Crippen MR) is 95.4 cm³/mol. The zero-order valence-corrected chi connectivity index (χ0v) is 14.5. The maximum Gasteiger partial charge on any atom is 0.150 e. The Morgan fingerprint density at radius 1 is 1.00 bits per heavy atom. The highest BCUT2D eigenvalue weighted by molar-refractivity contribution is 5.34. The van der Waals surface area contributed by atoms with Gasteiger partial charge in [0.1, 0.15) is 0 Å². The van der Waals surface area contributed by atoms with Crippen LogP contribution in [0.3, 0.4) is 0 Å². The van der Waals surface area contributed by atoms with Crippen LogP contribution < -0.4 is 0 Å². The Hall–Kier alpha value is -2.44. The highest BCUT2D eigenvalue weighted by Crippen LogP contribution is 2.14. The van der Waals surface area contributed by atoms with Gasteiger partial charge in [-0.3, -0.25) is 9.80 Å². The van der Waals surface area contributed by atoms with Gasteiger partial charge < -0.3 is 9.09 Å². The third kappa shape index (κ3) is 3.97. The van der Waals surface area contributed by atoms with Gasteiger partial charge in [0, 0.05) is 56.9 Å². The van der Waals surface area contributed by atoms with Crippen LogP contribution in [0.5, 0.6) is 0 Å². The van der Waals surface area contributed by atoms with E-state index in [1.807, 2.05) is 30.1 Å². The first-order chi connectivity index (χ1) is 12.3. The standard InChI is InChI=1S/C19H23N5O/c1-16-12-19(25-21-16)14-23-10-8-22(9-11-23)13-17-2-4-18(5-3-17)24-7-6-20-15-24/h2-7,12,15H,8-11,13-14H2,1H3. The second-order valence-corrected chi connectivity index (χ2v) is 6.62. The van der Waals surface area contributed by atoms with E-state index in [1.165, 1.54) is 5.56 Å². The van der Waals surface area contributed by atoms with E-state index in [1.54, 1.807) is 6.20 Å². The first-order valence-corrected chi connectivity index (χ1v) is 8.70. The molecule has 130 valence electrons. The normalized spacial score (nSPS) is 16.4. The number of benzene rings is 1. The molecule has 0 atom stereocenters. The molecule has 25 heavy (non-hydrogen) atoms. The summed E-state index contributed by atoms with van der Waals surface area (Å²) >= 11 is 0. The summed E-state index contributed by atoms with van der Waals surface area (Å²) in [5, 5.41) is 3.96. The van der Waals surface area contributed by atoms with Gasteiger partial charge in [-0.2, -0.15) is 0 Å². The summed E-state index contributed by atoms with van der Waals surface area (Å²) in [6, 6.07) is 10.7. The largest absolute Gasteiger partial charge is 0.360 e. The molecule has 0 spiro atoms. The minimum atomic E-state index is 0.855. The third-order valence-electron chi connectivity index (χ3n) is 4.67. The molecule has 0 N–H and O–H groups in total. The second-order valence-electron chi connectivity index (χ2n) is 6.62. The first-order valence-electron chi connectivity index (χ1n) is 8.70. The van der Waals surface area contributed by atoms with Gasteiger partial charge in [0.2, 0.25) is 0 Å². The average molecular weight is 337 g/mol. The minimum Gasteiger partial charge on any atom is -0.360 e. The molecular weight excluding hydrogens is 314 g/mol. The van der Waals surface area contributed by atoms with Gasteiger partial charge in [-0.1, -0.05) is 17.3 Å². The summed E-state index contributed by atoms with van der Waals surface area (Å²) in [7, 11) is 0. The van der Waals surface area contributed by atoms with Gasteiger partial charge in [-0.15, -0.1) is 0 Å². The van der Waals surface area contributed by atoms with Gasteiger partial charge in [0.15, 0.2) is 5.76 Å². The van der Waals surface area contributed by atoms with Crippen LogP contribution in [0, 0.1) is 6.92 Å². The summed E-state index contributed by atoms with van der Waals surface area (Å²) in [6.45, 7) is 8.10. The number of imidazole rings is 1. The van der Waals surface area contributed by atoms with Crippen molar-refractivity contribution in [2.24, 2.45) is 0 Å². The van der Waals surface area contributed by atoms with Crippen LogP contribution >= 0.6 is 0 Å². The van der Waals surface area contributed by atoms with Crippen molar-refractivity contribution in [1.82, 2.24) is 24.5 Å². The molecule has 0 aliphatic carbocycles. The minimum absolute atomic E-state index is 0.855. The van der Waals surface area contributed by atoms with Crippen LogP contribution in [0.1, 0.15) is 17.0 Å². The Balaban J connectivity index is 1.28. The molecule has 3 aromatic rings. The van der Waals surface area contributed by atoms with Crippen molar-refractivity contribution < 1.29 is 4.52 Å². The molecule has 1 aliphatic heterocycles. The molecule has 3 heterocycles. The lowest BCUT2D eigenvalue weighted by atomic mass is 10.1. The highest BCUT2D eigenvalue weighted by atomic mass is 16.5. The Labute approximate surface area is 147 Å². The van der Waals surface area contributed by atoms with Gasteiger partial charge in [-0.05, 0) is 24.6 Å². The molecule has 0 radical (unpaired) electrons. The van der Waals surface area contributed by atoms with E-state index >= 15 is 0 Å². The van der Waals surface area contributed by atoms with Crippen LogP contribution in [-0.4, -0.2) is 50.7 Å². The van der Waals surface area contributed by atoms with E-state index in [2.05, 4.69) is 44.2 Å². The molecule has 1 saturated heterocycles. The fraction of sp³-hybridized carbons (Fsp3) is 0.368. The monoisotopic (exact) mass is 337 g/mol. The molecule has 0 bridgehead atoms. The maximum absolute atomic E-state index is 5.32. The zero-order valence-electron chi connectivity index (χ0n) is 14.5. The summed E-state index contributed by atoms with van der Waals surface area (Å²) < 4.78 is 7.34. The van der Waals surface area contributed by atoms with Gasteiger partial charge in [0.25, 0.3) is 0 Å². The Morgan fingerprint density at radius 2 is 1.72 bits per heavy atom. The molecule has 4 rings (SSSR count). The second kappa shape index (κ2) is 7.21. The van der Waals surface area contributed by atoms with E-state index in [-0.39, 0.29) is 0 Å². The van der Waals surface area contributed by atoms with Crippen molar-refractivity contribution in [3.63, 3.8) is 0 Å². The SMILES string of the molecule is Cc1cc(CN2CCN(Cc3ccc(-n4ccnc4)cc3)CC2)on1. The van der Waals surface area contributed by atoms with Crippen LogP contribution in [0.25, 0.3) is 5.69 Å². The predicted octanol–water partition coefficient (Wildman–Crippen LogP) is 2.49. The van der Waals surface area contributed by atoms with Gasteiger partial charge in [-0.25, -0.2) is 4.98 Å². The quantitative estimate of drug-likeness (QED) is 0.716. The molecule has 1 aromatic carbocycles. The highest BCUT2D eigenvalue weighted by Gasteiger charge is 2.18. The maximum atomic E-state index is 5.32. The van der Waals surface area contributed by atoms with Crippen molar-refractivity contribution in [3.05, 3.63) is 66.1 Å². The summed E-state index contributed by atoms with van der Waals surface area (Å²) in [5.41, 5.74) is 3.45. The number of nitrogens with zero attached hydrogens (tertiary/aromatic N) is 5. The third-order valence-corrected chi connectivity index (χ3v) is 4.67. The van der Waals surface area contributed by atoms with Crippen LogP contribution in [0.15, 0.2) is 53.6 Å². The lowest BCUT2D eigenvalue weighted by molar-refractivity contribution is 0.113. The first kappa shape index (κ1) is 16.1. The van der Waals surface area contributed by atoms with Gasteiger partial charge in [0.05, 0.1) is 18.6 Å². The van der Waals surface area contributed by atoms with E-state index in [4.69, 9.17) is 4.52 Å². The molecule has 6 heteroatoms. The lowest BCUT2D eigenvalue weighted by Crippen LogP contribution is -2.45. The van der Waals surface area contributed by atoms with Gasteiger partial charge >= 0.3 is 0 Å². The number of hydrogen-bond acceptors (Lipinski definition) is 5.